The Morgan fingerprint density at radius 1 is 1.36 bits per heavy atom. The smallest absolute Gasteiger partial charge is 0.343 e. The van der Waals surface area contributed by atoms with Crippen molar-refractivity contribution in [3.63, 3.8) is 0 Å². The lowest BCUT2D eigenvalue weighted by Gasteiger charge is -2.27. The van der Waals surface area contributed by atoms with Crippen molar-refractivity contribution in [2.75, 3.05) is 6.61 Å². The number of carbonyl (C=O) groups excluding carboxylic acids is 1. The number of rotatable bonds is 3. The number of halogens is 1. The average molecular weight is 345 g/mol. The van der Waals surface area contributed by atoms with E-state index in [-0.39, 0.29) is 34.9 Å². The van der Waals surface area contributed by atoms with E-state index in [0.717, 1.165) is 0 Å². The quantitative estimate of drug-likeness (QED) is 0.859. The Labute approximate surface area is 142 Å². The van der Waals surface area contributed by atoms with E-state index in [4.69, 9.17) is 19.6 Å². The molecule has 2 heterocycles. The second kappa shape index (κ2) is 6.43. The monoisotopic (exact) mass is 345 g/mol. The molecular weight excluding hydrogens is 329 g/mol. The highest BCUT2D eigenvalue weighted by Crippen LogP contribution is 2.41. The van der Waals surface area contributed by atoms with Gasteiger partial charge in [-0.15, -0.1) is 0 Å². The molecule has 0 aliphatic carbocycles. The van der Waals surface area contributed by atoms with Gasteiger partial charge in [0.2, 0.25) is 5.88 Å². The summed E-state index contributed by atoms with van der Waals surface area (Å²) in [6.07, 6.45) is 0. The van der Waals surface area contributed by atoms with E-state index >= 15 is 0 Å². The SMILES string of the molecule is CCOC(=O)C1=C(N)Oc2cc(C)oc(=O)c2[C@H]1c1ccccc1F. The van der Waals surface area contributed by atoms with Gasteiger partial charge in [0.25, 0.3) is 0 Å². The van der Waals surface area contributed by atoms with Crippen molar-refractivity contribution >= 4 is 5.97 Å². The molecule has 0 saturated carbocycles. The first kappa shape index (κ1) is 16.8. The number of fused-ring (bicyclic) bond motifs is 1. The highest BCUT2D eigenvalue weighted by Gasteiger charge is 2.39. The van der Waals surface area contributed by atoms with Gasteiger partial charge in [0.05, 0.1) is 18.1 Å². The molecule has 6 nitrogen and oxygen atoms in total. The summed E-state index contributed by atoms with van der Waals surface area (Å²) in [5.41, 5.74) is 5.16. The summed E-state index contributed by atoms with van der Waals surface area (Å²) >= 11 is 0. The topological polar surface area (TPSA) is 91.8 Å². The first-order chi connectivity index (χ1) is 11.9. The number of esters is 1. The molecule has 0 fully saturated rings. The molecule has 1 aromatic heterocycles. The predicted molar refractivity (Wildman–Crippen MR) is 86.4 cm³/mol. The first-order valence-electron chi connectivity index (χ1n) is 7.67. The number of hydrogen-bond acceptors (Lipinski definition) is 6. The Balaban J connectivity index is 2.30. The van der Waals surface area contributed by atoms with Crippen molar-refractivity contribution in [1.29, 1.82) is 0 Å². The summed E-state index contributed by atoms with van der Waals surface area (Å²) in [6, 6.07) is 7.29. The Morgan fingerprint density at radius 2 is 2.08 bits per heavy atom. The van der Waals surface area contributed by atoms with Crippen molar-refractivity contribution in [2.45, 2.75) is 19.8 Å². The summed E-state index contributed by atoms with van der Waals surface area (Å²) in [6.45, 7) is 3.29. The second-order valence-electron chi connectivity index (χ2n) is 5.48. The molecule has 1 aromatic carbocycles. The highest BCUT2D eigenvalue weighted by atomic mass is 19.1. The first-order valence-corrected chi connectivity index (χ1v) is 7.67. The van der Waals surface area contributed by atoms with Gasteiger partial charge in [-0.2, -0.15) is 0 Å². The molecule has 0 radical (unpaired) electrons. The van der Waals surface area contributed by atoms with Crippen molar-refractivity contribution < 1.29 is 23.1 Å². The molecule has 1 atom stereocenters. The fourth-order valence-corrected chi connectivity index (χ4v) is 2.85. The maximum Gasteiger partial charge on any atom is 0.343 e. The van der Waals surface area contributed by atoms with E-state index in [0.29, 0.717) is 5.76 Å². The van der Waals surface area contributed by atoms with Crippen LogP contribution in [0.25, 0.3) is 0 Å². The minimum atomic E-state index is -1.08. The zero-order chi connectivity index (χ0) is 18.1. The molecule has 7 heteroatoms. The molecule has 1 aliphatic rings. The fraction of sp³-hybridized carbons (Fsp3) is 0.222. The van der Waals surface area contributed by atoms with E-state index in [1.165, 1.54) is 24.3 Å². The summed E-state index contributed by atoms with van der Waals surface area (Å²) in [4.78, 5) is 24.8. The maximum absolute atomic E-state index is 14.4. The predicted octanol–water partition coefficient (Wildman–Crippen LogP) is 2.35. The summed E-state index contributed by atoms with van der Waals surface area (Å²) in [5.74, 6) is -2.24. The minimum absolute atomic E-state index is 0.00736. The Kier molecular flexibility index (Phi) is 4.31. The van der Waals surface area contributed by atoms with Crippen LogP contribution in [-0.4, -0.2) is 12.6 Å². The summed E-state index contributed by atoms with van der Waals surface area (Å²) < 4.78 is 30.0. The average Bonchev–Trinajstić information content (AvgIpc) is 2.53. The molecule has 2 N–H and O–H groups in total. The van der Waals surface area contributed by atoms with Crippen LogP contribution >= 0.6 is 0 Å². The van der Waals surface area contributed by atoms with Gasteiger partial charge in [-0.25, -0.2) is 14.0 Å². The highest BCUT2D eigenvalue weighted by molar-refractivity contribution is 5.92. The van der Waals surface area contributed by atoms with Crippen LogP contribution in [0.1, 0.15) is 29.7 Å². The largest absolute Gasteiger partial charge is 0.462 e. The van der Waals surface area contributed by atoms with Crippen molar-refractivity contribution in [2.24, 2.45) is 5.73 Å². The normalized spacial score (nSPS) is 16.2. The fourth-order valence-electron chi connectivity index (χ4n) is 2.85. The lowest BCUT2D eigenvalue weighted by atomic mass is 9.83. The van der Waals surface area contributed by atoms with Gasteiger partial charge in [-0.1, -0.05) is 18.2 Å². The lowest BCUT2D eigenvalue weighted by molar-refractivity contribution is -0.139. The molecule has 3 rings (SSSR count). The van der Waals surface area contributed by atoms with Crippen LogP contribution in [-0.2, 0) is 9.53 Å². The van der Waals surface area contributed by atoms with E-state index in [1.54, 1.807) is 19.9 Å². The van der Waals surface area contributed by atoms with Gasteiger partial charge in [-0.3, -0.25) is 0 Å². The molecule has 130 valence electrons. The van der Waals surface area contributed by atoms with Crippen LogP contribution in [0.4, 0.5) is 4.39 Å². The van der Waals surface area contributed by atoms with Gasteiger partial charge >= 0.3 is 11.6 Å². The number of ether oxygens (including phenoxy) is 2. The molecule has 1 aliphatic heterocycles. The van der Waals surface area contributed by atoms with Gasteiger partial charge in [0.15, 0.2) is 0 Å². The van der Waals surface area contributed by atoms with E-state index < -0.39 is 23.3 Å². The lowest BCUT2D eigenvalue weighted by Crippen LogP contribution is -2.31. The van der Waals surface area contributed by atoms with Crippen LogP contribution < -0.4 is 16.1 Å². The van der Waals surface area contributed by atoms with Crippen molar-refractivity contribution in [3.8, 4) is 5.75 Å². The van der Waals surface area contributed by atoms with E-state index in [9.17, 15) is 14.0 Å². The maximum atomic E-state index is 14.4. The van der Waals surface area contributed by atoms with Crippen LogP contribution in [0.15, 0.2) is 51.0 Å². The van der Waals surface area contributed by atoms with Crippen LogP contribution in [0.5, 0.6) is 5.75 Å². The van der Waals surface area contributed by atoms with Crippen molar-refractivity contribution in [1.82, 2.24) is 0 Å². The third kappa shape index (κ3) is 2.88. The van der Waals surface area contributed by atoms with Gasteiger partial charge in [-0.05, 0) is 19.9 Å². The Bertz CT molecular complexity index is 931. The molecule has 0 unspecified atom stereocenters. The summed E-state index contributed by atoms with van der Waals surface area (Å²) in [7, 11) is 0. The Hall–Kier alpha value is -3.09. The molecule has 2 aromatic rings. The third-order valence-corrected chi connectivity index (χ3v) is 3.85. The number of aryl methyl sites for hydroxylation is 1. The standard InChI is InChI=1S/C18H16FNO5/c1-3-23-17(21)15-13(10-6-4-5-7-11(10)19)14-12(25-16(15)20)8-9(2)24-18(14)22/h4-8,13H,3,20H2,1-2H3/t13-/m1/s1. The van der Waals surface area contributed by atoms with Gasteiger partial charge in [0, 0.05) is 11.6 Å². The molecule has 0 saturated heterocycles. The van der Waals surface area contributed by atoms with Crippen molar-refractivity contribution in [3.05, 3.63) is 74.9 Å². The molecule has 0 spiro atoms. The third-order valence-electron chi connectivity index (χ3n) is 3.85. The second-order valence-corrected chi connectivity index (χ2v) is 5.48. The van der Waals surface area contributed by atoms with Gasteiger partial charge < -0.3 is 19.6 Å². The Morgan fingerprint density at radius 3 is 2.76 bits per heavy atom. The molecule has 0 amide bonds. The van der Waals surface area contributed by atoms with Crippen LogP contribution in [0, 0.1) is 12.7 Å². The zero-order valence-corrected chi connectivity index (χ0v) is 13.7. The van der Waals surface area contributed by atoms with Crippen LogP contribution in [0.2, 0.25) is 0 Å². The van der Waals surface area contributed by atoms with E-state index in [2.05, 4.69) is 0 Å². The molecule has 25 heavy (non-hydrogen) atoms. The number of benzene rings is 1. The number of nitrogens with two attached hydrogens (primary N) is 1. The van der Waals surface area contributed by atoms with Gasteiger partial charge in [0.1, 0.15) is 22.9 Å². The number of hydrogen-bond donors (Lipinski definition) is 1. The minimum Gasteiger partial charge on any atom is -0.462 e. The van der Waals surface area contributed by atoms with E-state index in [1.807, 2.05) is 0 Å². The molecule has 0 bridgehead atoms. The van der Waals surface area contributed by atoms with Crippen LogP contribution in [0.3, 0.4) is 0 Å². The zero-order valence-electron chi connectivity index (χ0n) is 13.7. The number of carbonyl (C=O) groups is 1. The summed E-state index contributed by atoms with van der Waals surface area (Å²) in [5, 5.41) is 0. The molecular formula is C18H16FNO5.